The Hall–Kier alpha value is -2.95. The minimum atomic E-state index is -0.693. The molecule has 3 aromatic rings. The first-order valence-corrected chi connectivity index (χ1v) is 10.5. The number of amides is 1. The Labute approximate surface area is 178 Å². The molecule has 0 spiro atoms. The lowest BCUT2D eigenvalue weighted by atomic mass is 9.71. The number of carbonyl (C=O) groups is 1. The first-order chi connectivity index (χ1) is 14.6. The molecule has 4 nitrogen and oxygen atoms in total. The predicted octanol–water partition coefficient (Wildman–Crippen LogP) is 3.33. The zero-order chi connectivity index (χ0) is 21.0. The van der Waals surface area contributed by atoms with E-state index >= 15 is 0 Å². The molecule has 0 aliphatic carbocycles. The predicted molar refractivity (Wildman–Crippen MR) is 119 cm³/mol. The van der Waals surface area contributed by atoms with E-state index in [1.54, 1.807) is 6.92 Å². The molecule has 0 unspecified atom stereocenters. The summed E-state index contributed by atoms with van der Waals surface area (Å²) in [7, 11) is 0. The van der Waals surface area contributed by atoms with Crippen LogP contribution in [0.1, 0.15) is 29.2 Å². The molecule has 0 aromatic heterocycles. The van der Waals surface area contributed by atoms with Gasteiger partial charge in [-0.05, 0) is 35.6 Å². The third kappa shape index (κ3) is 3.64. The second-order valence-corrected chi connectivity index (χ2v) is 7.87. The molecule has 1 heterocycles. The Morgan fingerprint density at radius 2 is 1.53 bits per heavy atom. The van der Waals surface area contributed by atoms with Crippen LogP contribution in [0.3, 0.4) is 0 Å². The number of aliphatic hydroxyl groups is 1. The molecular formula is C26H28N2O2. The van der Waals surface area contributed by atoms with Crippen molar-refractivity contribution in [3.05, 3.63) is 107 Å². The second-order valence-electron chi connectivity index (χ2n) is 7.87. The van der Waals surface area contributed by atoms with Crippen LogP contribution in [0.15, 0.2) is 84.9 Å². The highest BCUT2D eigenvalue weighted by Crippen LogP contribution is 2.46. The van der Waals surface area contributed by atoms with Crippen molar-refractivity contribution in [3.8, 4) is 0 Å². The number of rotatable bonds is 6. The summed E-state index contributed by atoms with van der Waals surface area (Å²) in [6, 6.07) is 29.0. The minimum Gasteiger partial charge on any atom is -0.392 e. The Morgan fingerprint density at radius 3 is 2.13 bits per heavy atom. The maximum atomic E-state index is 13.5. The van der Waals surface area contributed by atoms with Gasteiger partial charge in [-0.3, -0.25) is 4.79 Å². The summed E-state index contributed by atoms with van der Waals surface area (Å²) < 4.78 is 0. The van der Waals surface area contributed by atoms with Crippen LogP contribution in [0, 0.1) is 0 Å². The van der Waals surface area contributed by atoms with Gasteiger partial charge in [0.25, 0.3) is 0 Å². The topological polar surface area (TPSA) is 52.6 Å². The number of hydrogen-bond acceptors (Lipinski definition) is 3. The summed E-state index contributed by atoms with van der Waals surface area (Å²) in [4.78, 5) is 15.5. The summed E-state index contributed by atoms with van der Waals surface area (Å²) in [5.74, 6) is 0.0258. The van der Waals surface area contributed by atoms with Crippen LogP contribution in [-0.4, -0.2) is 41.7 Å². The Balaban J connectivity index is 1.90. The van der Waals surface area contributed by atoms with E-state index in [1.807, 2.05) is 41.3 Å². The van der Waals surface area contributed by atoms with Gasteiger partial charge in [-0.15, -0.1) is 0 Å². The summed E-state index contributed by atoms with van der Waals surface area (Å²) in [5, 5.41) is 12.7. The maximum absolute atomic E-state index is 13.5. The first-order valence-electron chi connectivity index (χ1n) is 10.5. The summed E-state index contributed by atoms with van der Waals surface area (Å²) in [5.41, 5.74) is 3.88. The average Bonchev–Trinajstić information content (AvgIpc) is 2.79. The largest absolute Gasteiger partial charge is 0.392 e. The molecule has 0 saturated carbocycles. The fraction of sp³-hybridized carbons (Fsp3) is 0.269. The number of aliphatic hydroxyl groups excluding tert-OH is 1. The number of nitrogens with zero attached hydrogens (tertiary/aromatic N) is 1. The van der Waals surface area contributed by atoms with E-state index in [-0.39, 0.29) is 12.5 Å². The van der Waals surface area contributed by atoms with E-state index in [0.717, 1.165) is 23.1 Å². The second kappa shape index (κ2) is 8.82. The molecule has 1 atom stereocenters. The fourth-order valence-corrected chi connectivity index (χ4v) is 4.58. The van der Waals surface area contributed by atoms with Crippen molar-refractivity contribution in [2.75, 3.05) is 19.6 Å². The molecule has 0 fully saturated rings. The van der Waals surface area contributed by atoms with Gasteiger partial charge in [0, 0.05) is 13.1 Å². The van der Waals surface area contributed by atoms with Crippen LogP contribution in [0.2, 0.25) is 0 Å². The van der Waals surface area contributed by atoms with Crippen LogP contribution in [0.25, 0.3) is 0 Å². The van der Waals surface area contributed by atoms with E-state index in [1.165, 1.54) is 5.56 Å². The van der Waals surface area contributed by atoms with Crippen molar-refractivity contribution < 1.29 is 9.90 Å². The SMILES string of the molecule is C[C@@H](O)CNCC(=O)N1CCc2ccccc2C1(c1ccccc1)c1ccccc1. The van der Waals surface area contributed by atoms with Gasteiger partial charge >= 0.3 is 0 Å². The average molecular weight is 401 g/mol. The molecule has 1 aliphatic heterocycles. The molecular weight excluding hydrogens is 372 g/mol. The van der Waals surface area contributed by atoms with E-state index in [4.69, 9.17) is 0 Å². The highest BCUT2D eigenvalue weighted by Gasteiger charge is 2.47. The molecule has 0 saturated heterocycles. The van der Waals surface area contributed by atoms with Crippen LogP contribution in [0.5, 0.6) is 0 Å². The van der Waals surface area contributed by atoms with Crippen LogP contribution >= 0.6 is 0 Å². The molecule has 3 aromatic carbocycles. The monoisotopic (exact) mass is 400 g/mol. The highest BCUT2D eigenvalue weighted by molar-refractivity contribution is 5.82. The molecule has 30 heavy (non-hydrogen) atoms. The van der Waals surface area contributed by atoms with E-state index in [2.05, 4.69) is 53.8 Å². The third-order valence-electron chi connectivity index (χ3n) is 5.82. The van der Waals surface area contributed by atoms with Crippen molar-refractivity contribution in [2.24, 2.45) is 0 Å². The summed E-state index contributed by atoms with van der Waals surface area (Å²) in [6.45, 7) is 2.93. The molecule has 4 heteroatoms. The molecule has 4 rings (SSSR count). The zero-order valence-electron chi connectivity index (χ0n) is 17.3. The minimum absolute atomic E-state index is 0.0258. The molecule has 0 radical (unpaired) electrons. The maximum Gasteiger partial charge on any atom is 0.237 e. The first kappa shape index (κ1) is 20.3. The van der Waals surface area contributed by atoms with Crippen molar-refractivity contribution in [2.45, 2.75) is 25.0 Å². The molecule has 1 aliphatic rings. The Kier molecular flexibility index (Phi) is 5.98. The number of benzene rings is 3. The number of hydrogen-bond donors (Lipinski definition) is 2. The molecule has 154 valence electrons. The lowest BCUT2D eigenvalue weighted by Crippen LogP contribution is -2.56. The third-order valence-corrected chi connectivity index (χ3v) is 5.82. The van der Waals surface area contributed by atoms with Gasteiger partial charge in [0.05, 0.1) is 12.6 Å². The zero-order valence-corrected chi connectivity index (χ0v) is 17.3. The van der Waals surface area contributed by atoms with Crippen molar-refractivity contribution in [1.82, 2.24) is 10.2 Å². The van der Waals surface area contributed by atoms with E-state index in [9.17, 15) is 9.90 Å². The standard InChI is InChI=1S/C26H28N2O2/c1-20(29)18-27-19-25(30)28-17-16-21-10-8-9-15-24(21)26(28,22-11-4-2-5-12-22)23-13-6-3-7-14-23/h2-15,20,27,29H,16-19H2,1H3/t20-/m1/s1. The normalized spacial score (nSPS) is 16.0. The van der Waals surface area contributed by atoms with Crippen molar-refractivity contribution in [1.29, 1.82) is 0 Å². The smallest absolute Gasteiger partial charge is 0.237 e. The van der Waals surface area contributed by atoms with Crippen LogP contribution < -0.4 is 5.32 Å². The van der Waals surface area contributed by atoms with Crippen molar-refractivity contribution >= 4 is 5.91 Å². The lowest BCUT2D eigenvalue weighted by molar-refractivity contribution is -0.134. The van der Waals surface area contributed by atoms with Gasteiger partial charge in [-0.2, -0.15) is 0 Å². The van der Waals surface area contributed by atoms with Gasteiger partial charge in [0.15, 0.2) is 0 Å². The lowest BCUT2D eigenvalue weighted by Gasteiger charge is -2.49. The molecule has 0 bridgehead atoms. The van der Waals surface area contributed by atoms with Gasteiger partial charge in [-0.25, -0.2) is 0 Å². The van der Waals surface area contributed by atoms with Gasteiger partial charge in [-0.1, -0.05) is 84.9 Å². The number of nitrogens with one attached hydrogen (secondary N) is 1. The van der Waals surface area contributed by atoms with Crippen LogP contribution in [-0.2, 0) is 16.8 Å². The van der Waals surface area contributed by atoms with E-state index in [0.29, 0.717) is 13.1 Å². The quantitative estimate of drug-likeness (QED) is 0.667. The highest BCUT2D eigenvalue weighted by atomic mass is 16.3. The van der Waals surface area contributed by atoms with Gasteiger partial charge in [0.1, 0.15) is 5.54 Å². The van der Waals surface area contributed by atoms with E-state index < -0.39 is 11.6 Å². The summed E-state index contributed by atoms with van der Waals surface area (Å²) in [6.07, 6.45) is 0.326. The fourth-order valence-electron chi connectivity index (χ4n) is 4.58. The molecule has 1 amide bonds. The Bertz CT molecular complexity index is 947. The number of fused-ring (bicyclic) bond motifs is 1. The summed E-state index contributed by atoms with van der Waals surface area (Å²) >= 11 is 0. The number of carbonyl (C=O) groups excluding carboxylic acids is 1. The van der Waals surface area contributed by atoms with Gasteiger partial charge in [0.2, 0.25) is 5.91 Å². The van der Waals surface area contributed by atoms with Crippen LogP contribution in [0.4, 0.5) is 0 Å². The van der Waals surface area contributed by atoms with Crippen molar-refractivity contribution in [3.63, 3.8) is 0 Å². The molecule has 2 N–H and O–H groups in total. The Morgan fingerprint density at radius 1 is 0.967 bits per heavy atom. The van der Waals surface area contributed by atoms with Gasteiger partial charge < -0.3 is 15.3 Å².